The Hall–Kier alpha value is -3.48. The first-order valence-electron chi connectivity index (χ1n) is 7.99. The van der Waals surface area contributed by atoms with Crippen LogP contribution in [0, 0.1) is 0 Å². The molecule has 26 heavy (non-hydrogen) atoms. The largest absolute Gasteiger partial charge is 0.476 e. The minimum absolute atomic E-state index is 0.210. The van der Waals surface area contributed by atoms with Gasteiger partial charge in [0, 0.05) is 18.1 Å². The Labute approximate surface area is 149 Å². The molecule has 0 fully saturated rings. The van der Waals surface area contributed by atoms with Gasteiger partial charge in [-0.15, -0.1) is 0 Å². The van der Waals surface area contributed by atoms with Crippen LogP contribution in [0.25, 0.3) is 10.8 Å². The molecule has 1 aromatic heterocycles. The maximum atomic E-state index is 12.8. The molecule has 2 aromatic carbocycles. The van der Waals surface area contributed by atoms with Gasteiger partial charge >= 0.3 is 5.97 Å². The molecule has 3 rings (SSSR count). The van der Waals surface area contributed by atoms with E-state index in [1.165, 1.54) is 24.0 Å². The molecule has 0 aliphatic rings. The van der Waals surface area contributed by atoms with E-state index >= 15 is 0 Å². The molecule has 1 amide bonds. The lowest BCUT2D eigenvalue weighted by Gasteiger charge is -2.22. The summed E-state index contributed by atoms with van der Waals surface area (Å²) in [5.74, 6) is -1.64. The van der Waals surface area contributed by atoms with Crippen LogP contribution in [0.3, 0.4) is 0 Å². The van der Waals surface area contributed by atoms with Gasteiger partial charge in [0.2, 0.25) is 0 Å². The SMILES string of the molecule is CC(C(=O)N(C)c1ccccc1)n1nc(C(=O)O)c2ccccc2c1=O. The number of carboxylic acids is 1. The zero-order valence-corrected chi connectivity index (χ0v) is 14.3. The van der Waals surface area contributed by atoms with Gasteiger partial charge in [-0.1, -0.05) is 36.4 Å². The predicted molar refractivity (Wildman–Crippen MR) is 97.5 cm³/mol. The third-order valence-electron chi connectivity index (χ3n) is 4.23. The highest BCUT2D eigenvalue weighted by atomic mass is 16.4. The van der Waals surface area contributed by atoms with Crippen molar-refractivity contribution >= 4 is 28.3 Å². The van der Waals surface area contributed by atoms with Crippen LogP contribution in [-0.2, 0) is 4.79 Å². The van der Waals surface area contributed by atoms with E-state index in [-0.39, 0.29) is 22.4 Å². The van der Waals surface area contributed by atoms with Crippen LogP contribution in [0.5, 0.6) is 0 Å². The monoisotopic (exact) mass is 351 g/mol. The third-order valence-corrected chi connectivity index (χ3v) is 4.23. The fraction of sp³-hybridized carbons (Fsp3) is 0.158. The van der Waals surface area contributed by atoms with E-state index < -0.39 is 17.6 Å². The maximum absolute atomic E-state index is 12.8. The number of amides is 1. The summed E-state index contributed by atoms with van der Waals surface area (Å²) in [5.41, 5.74) is -0.105. The van der Waals surface area contributed by atoms with Crippen LogP contribution >= 0.6 is 0 Å². The molecule has 0 saturated heterocycles. The number of aromatic carboxylic acids is 1. The average Bonchev–Trinajstić information content (AvgIpc) is 2.67. The number of carbonyl (C=O) groups excluding carboxylic acids is 1. The second kappa shape index (κ2) is 6.79. The van der Waals surface area contributed by atoms with Gasteiger partial charge in [0.25, 0.3) is 11.5 Å². The highest BCUT2D eigenvalue weighted by Gasteiger charge is 2.25. The Morgan fingerprint density at radius 3 is 2.23 bits per heavy atom. The van der Waals surface area contributed by atoms with Crippen LogP contribution < -0.4 is 10.5 Å². The molecule has 1 unspecified atom stereocenters. The van der Waals surface area contributed by atoms with Crippen molar-refractivity contribution < 1.29 is 14.7 Å². The van der Waals surface area contributed by atoms with Crippen LogP contribution in [0.4, 0.5) is 5.69 Å². The molecule has 7 nitrogen and oxygen atoms in total. The normalized spacial score (nSPS) is 11.9. The van der Waals surface area contributed by atoms with Crippen molar-refractivity contribution in [1.29, 1.82) is 0 Å². The van der Waals surface area contributed by atoms with E-state index in [1.807, 2.05) is 6.07 Å². The molecule has 0 aliphatic heterocycles. The lowest BCUT2D eigenvalue weighted by molar-refractivity contribution is -0.121. The average molecular weight is 351 g/mol. The third kappa shape index (κ3) is 2.95. The molecule has 0 saturated carbocycles. The number of para-hydroxylation sites is 1. The number of hydrogen-bond acceptors (Lipinski definition) is 4. The van der Waals surface area contributed by atoms with Crippen LogP contribution in [-0.4, -0.2) is 33.8 Å². The molecule has 0 spiro atoms. The summed E-state index contributed by atoms with van der Waals surface area (Å²) in [4.78, 5) is 38.5. The highest BCUT2D eigenvalue weighted by Crippen LogP contribution is 2.18. The van der Waals surface area contributed by atoms with Gasteiger partial charge in [-0.2, -0.15) is 5.10 Å². The van der Waals surface area contributed by atoms with Gasteiger partial charge < -0.3 is 10.0 Å². The van der Waals surface area contributed by atoms with Crippen molar-refractivity contribution in [1.82, 2.24) is 9.78 Å². The summed E-state index contributed by atoms with van der Waals surface area (Å²) in [6.07, 6.45) is 0. The number of benzene rings is 2. The first-order chi connectivity index (χ1) is 12.4. The predicted octanol–water partition coefficient (Wildman–Crippen LogP) is 2.32. The summed E-state index contributed by atoms with van der Waals surface area (Å²) in [6, 6.07) is 14.3. The van der Waals surface area contributed by atoms with E-state index in [2.05, 4.69) is 5.10 Å². The molecule has 3 aromatic rings. The zero-order chi connectivity index (χ0) is 18.8. The quantitative estimate of drug-likeness (QED) is 0.779. The van der Waals surface area contributed by atoms with Crippen molar-refractivity contribution in [3.63, 3.8) is 0 Å². The smallest absolute Gasteiger partial charge is 0.357 e. The Kier molecular flexibility index (Phi) is 4.53. The fourth-order valence-corrected chi connectivity index (χ4v) is 2.79. The van der Waals surface area contributed by atoms with Crippen molar-refractivity contribution in [3.8, 4) is 0 Å². The number of anilines is 1. The number of rotatable bonds is 4. The number of hydrogen-bond donors (Lipinski definition) is 1. The number of aromatic nitrogens is 2. The minimum atomic E-state index is -1.26. The summed E-state index contributed by atoms with van der Waals surface area (Å²) >= 11 is 0. The molecule has 132 valence electrons. The van der Waals surface area contributed by atoms with Crippen molar-refractivity contribution in [2.45, 2.75) is 13.0 Å². The number of fused-ring (bicyclic) bond motifs is 1. The lowest BCUT2D eigenvalue weighted by Crippen LogP contribution is -2.39. The Morgan fingerprint density at radius 1 is 1.04 bits per heavy atom. The maximum Gasteiger partial charge on any atom is 0.357 e. The first kappa shape index (κ1) is 17.3. The van der Waals surface area contributed by atoms with Gasteiger partial charge in [-0.05, 0) is 25.1 Å². The van der Waals surface area contributed by atoms with Gasteiger partial charge in [-0.25, -0.2) is 9.48 Å². The van der Waals surface area contributed by atoms with Crippen molar-refractivity contribution in [2.24, 2.45) is 0 Å². The van der Waals surface area contributed by atoms with Gasteiger partial charge in [0.15, 0.2) is 5.69 Å². The first-order valence-corrected chi connectivity index (χ1v) is 7.99. The van der Waals surface area contributed by atoms with E-state index in [9.17, 15) is 19.5 Å². The van der Waals surface area contributed by atoms with Crippen LogP contribution in [0.2, 0.25) is 0 Å². The molecule has 1 atom stereocenters. The number of carbonyl (C=O) groups is 2. The molecule has 1 N–H and O–H groups in total. The Morgan fingerprint density at radius 2 is 1.62 bits per heavy atom. The molecular formula is C19H17N3O4. The standard InChI is InChI=1S/C19H17N3O4/c1-12(17(23)21(2)13-8-4-3-5-9-13)22-18(24)15-11-7-6-10-14(15)16(20-22)19(25)26/h3-12H,1-2H3,(H,25,26). The second-order valence-corrected chi connectivity index (χ2v) is 5.86. The molecule has 1 heterocycles. The van der Waals surface area contributed by atoms with Crippen molar-refractivity contribution in [3.05, 3.63) is 70.6 Å². The molecule has 7 heteroatoms. The molecule has 0 bridgehead atoms. The van der Waals surface area contributed by atoms with E-state index in [1.54, 1.807) is 43.4 Å². The summed E-state index contributed by atoms with van der Waals surface area (Å²) in [5, 5.41) is 13.8. The van der Waals surface area contributed by atoms with E-state index in [4.69, 9.17) is 0 Å². The summed E-state index contributed by atoms with van der Waals surface area (Å²) in [6.45, 7) is 1.52. The fourth-order valence-electron chi connectivity index (χ4n) is 2.79. The minimum Gasteiger partial charge on any atom is -0.476 e. The van der Waals surface area contributed by atoms with Gasteiger partial charge in [0.05, 0.1) is 5.39 Å². The second-order valence-electron chi connectivity index (χ2n) is 5.86. The highest BCUT2D eigenvalue weighted by molar-refractivity contribution is 6.01. The number of carboxylic acid groups (broad SMARTS) is 1. The zero-order valence-electron chi connectivity index (χ0n) is 14.3. The number of nitrogens with zero attached hydrogens (tertiary/aromatic N) is 3. The topological polar surface area (TPSA) is 92.5 Å². The summed E-state index contributed by atoms with van der Waals surface area (Å²) < 4.78 is 0.938. The molecule has 0 aliphatic carbocycles. The summed E-state index contributed by atoms with van der Waals surface area (Å²) in [7, 11) is 1.60. The van der Waals surface area contributed by atoms with Gasteiger partial charge in [0.1, 0.15) is 6.04 Å². The molecule has 0 radical (unpaired) electrons. The van der Waals surface area contributed by atoms with E-state index in [0.29, 0.717) is 5.69 Å². The van der Waals surface area contributed by atoms with Crippen LogP contribution in [0.15, 0.2) is 59.4 Å². The van der Waals surface area contributed by atoms with E-state index in [0.717, 1.165) is 4.68 Å². The number of likely N-dealkylation sites (N-methyl/N-ethyl adjacent to an activating group) is 1. The Bertz CT molecular complexity index is 1040. The van der Waals surface area contributed by atoms with Gasteiger partial charge in [-0.3, -0.25) is 9.59 Å². The molecular weight excluding hydrogens is 334 g/mol. The van der Waals surface area contributed by atoms with Crippen LogP contribution in [0.1, 0.15) is 23.5 Å². The van der Waals surface area contributed by atoms with Crippen molar-refractivity contribution in [2.75, 3.05) is 11.9 Å². The lowest BCUT2D eigenvalue weighted by atomic mass is 10.1. The Balaban J connectivity index is 2.10.